The number of pyridine rings is 2. The molecular formula is C46H61N5O3. The zero-order chi connectivity index (χ0) is 35.4. The lowest BCUT2D eigenvalue weighted by molar-refractivity contribution is 0.0690. The van der Waals surface area contributed by atoms with Gasteiger partial charge in [0.15, 0.2) is 5.78 Å². The molecule has 0 radical (unpaired) electrons. The van der Waals surface area contributed by atoms with E-state index in [0.717, 1.165) is 63.4 Å². The molecule has 0 amide bonds. The molecule has 2 aromatic carbocycles. The van der Waals surface area contributed by atoms with Crippen LogP contribution in [0.4, 0.5) is 0 Å². The second-order valence-corrected chi connectivity index (χ2v) is 13.9. The number of Topliss-reactive ketones (excluding diaryl/α,β-unsaturated/α-hetero) is 1. The average molecular weight is 732 g/mol. The van der Waals surface area contributed by atoms with Crippen LogP contribution >= 0.6 is 0 Å². The molecule has 8 heteroatoms. The number of carbonyl (C=O) groups excluding carboxylic acids is 1. The molecule has 0 spiro atoms. The number of aromatic carboxylic acids is 1. The van der Waals surface area contributed by atoms with E-state index in [1.54, 1.807) is 12.1 Å². The lowest BCUT2D eigenvalue weighted by Crippen LogP contribution is -2.16. The number of hydrogen-bond acceptors (Lipinski definition) is 5. The summed E-state index contributed by atoms with van der Waals surface area (Å²) >= 11 is 0. The molecular weight excluding hydrogens is 671 g/mol. The Morgan fingerprint density at radius 2 is 1.11 bits per heavy atom. The summed E-state index contributed by atoms with van der Waals surface area (Å²) in [6.07, 6.45) is 19.1. The number of carbonyl (C=O) groups is 2. The van der Waals surface area contributed by atoms with E-state index < -0.39 is 5.97 Å². The number of rotatable bonds is 8. The summed E-state index contributed by atoms with van der Waals surface area (Å²) in [6, 6.07) is 26.9. The number of nitrogens with two attached hydrogens (primary N) is 1. The Hall–Kier alpha value is -5.08. The van der Waals surface area contributed by atoms with Crippen molar-refractivity contribution in [2.45, 2.75) is 99.3 Å². The molecule has 2 aliphatic carbocycles. The van der Waals surface area contributed by atoms with Crippen molar-refractivity contribution in [2.75, 3.05) is 6.54 Å². The molecule has 5 N–H and O–H groups in total. The first-order valence-electron chi connectivity index (χ1n) is 18.5. The number of fused-ring (bicyclic) bond motifs is 2. The van der Waals surface area contributed by atoms with Gasteiger partial charge in [-0.05, 0) is 98.3 Å². The van der Waals surface area contributed by atoms with Crippen LogP contribution in [0.5, 0.6) is 0 Å². The fraction of sp³-hybridized carbons (Fsp3) is 0.391. The Kier molecular flexibility index (Phi) is 17.3. The standard InChI is InChI=1S/C22H24N2O.C14H10N2O2.C7H15N.3CH4/c25-22(12-9-16-5-2-1-3-6-16)21-8-4-7-20(24-21)17-10-11-19-18(15-17)13-14-23-19;17-14(18)13-3-1-2-12(16-13)9-4-5-11-10(8-9)6-7-15-11;8-6-7-4-2-1-3-5-7;;;/h4,7-8,10-11,13-16,23H,1-3,5-6,9,12H2;1-8,15H,(H,17,18);7H,1-6,8H2;3*1H4. The lowest BCUT2D eigenvalue weighted by atomic mass is 9.85. The summed E-state index contributed by atoms with van der Waals surface area (Å²) in [6.45, 7) is 0.917. The number of hydrogen-bond donors (Lipinski definition) is 4. The summed E-state index contributed by atoms with van der Waals surface area (Å²) in [5.74, 6) is 0.760. The number of carboxylic acid groups (broad SMARTS) is 1. The largest absolute Gasteiger partial charge is 0.477 e. The normalized spacial score (nSPS) is 14.2. The molecule has 54 heavy (non-hydrogen) atoms. The molecule has 0 unspecified atom stereocenters. The van der Waals surface area contributed by atoms with Crippen molar-refractivity contribution in [3.8, 4) is 22.5 Å². The fourth-order valence-corrected chi connectivity index (χ4v) is 7.25. The molecule has 8 nitrogen and oxygen atoms in total. The number of H-pyrrole nitrogens is 2. The number of aromatic amines is 2. The highest BCUT2D eigenvalue weighted by molar-refractivity contribution is 5.95. The van der Waals surface area contributed by atoms with E-state index in [4.69, 9.17) is 10.8 Å². The molecule has 0 atom stereocenters. The van der Waals surface area contributed by atoms with Crippen molar-refractivity contribution in [3.05, 3.63) is 109 Å². The fourth-order valence-electron chi connectivity index (χ4n) is 7.25. The number of nitrogens with one attached hydrogen (secondary N) is 2. The molecule has 288 valence electrons. The van der Waals surface area contributed by atoms with Gasteiger partial charge < -0.3 is 20.8 Å². The van der Waals surface area contributed by atoms with Crippen LogP contribution in [0.1, 0.15) is 120 Å². The zero-order valence-corrected chi connectivity index (χ0v) is 29.3. The van der Waals surface area contributed by atoms with Crippen LogP contribution in [-0.2, 0) is 0 Å². The molecule has 8 rings (SSSR count). The van der Waals surface area contributed by atoms with Gasteiger partial charge in [-0.25, -0.2) is 14.8 Å². The second-order valence-electron chi connectivity index (χ2n) is 13.9. The summed E-state index contributed by atoms with van der Waals surface area (Å²) in [7, 11) is 0. The Bertz CT molecular complexity index is 2030. The second kappa shape index (κ2) is 21.6. The van der Waals surface area contributed by atoms with Crippen LogP contribution < -0.4 is 5.73 Å². The van der Waals surface area contributed by atoms with Gasteiger partial charge in [-0.2, -0.15) is 0 Å². The Morgan fingerprint density at radius 3 is 1.59 bits per heavy atom. The van der Waals surface area contributed by atoms with Crippen molar-refractivity contribution in [1.82, 2.24) is 19.9 Å². The van der Waals surface area contributed by atoms with Crippen molar-refractivity contribution in [3.63, 3.8) is 0 Å². The smallest absolute Gasteiger partial charge is 0.354 e. The van der Waals surface area contributed by atoms with Crippen LogP contribution in [0.15, 0.2) is 97.3 Å². The Labute approximate surface area is 322 Å². The maximum Gasteiger partial charge on any atom is 0.354 e. The van der Waals surface area contributed by atoms with Gasteiger partial charge in [-0.3, -0.25) is 4.79 Å². The van der Waals surface area contributed by atoms with Gasteiger partial charge in [0.2, 0.25) is 0 Å². The van der Waals surface area contributed by atoms with E-state index in [9.17, 15) is 9.59 Å². The van der Waals surface area contributed by atoms with Gasteiger partial charge >= 0.3 is 5.97 Å². The molecule has 0 saturated heterocycles. The minimum absolute atomic E-state index is 0. The van der Waals surface area contributed by atoms with Gasteiger partial charge in [0.05, 0.1) is 11.4 Å². The van der Waals surface area contributed by atoms with Crippen molar-refractivity contribution in [1.29, 1.82) is 0 Å². The molecule has 6 aromatic rings. The summed E-state index contributed by atoms with van der Waals surface area (Å²) in [5, 5.41) is 11.2. The van der Waals surface area contributed by atoms with Gasteiger partial charge in [0.25, 0.3) is 0 Å². The van der Waals surface area contributed by atoms with Crippen LogP contribution in [0.3, 0.4) is 0 Å². The quantitative estimate of drug-likeness (QED) is 0.115. The highest BCUT2D eigenvalue weighted by atomic mass is 16.4. The van der Waals surface area contributed by atoms with E-state index >= 15 is 0 Å². The van der Waals surface area contributed by atoms with Crippen LogP contribution in [0.25, 0.3) is 44.3 Å². The monoisotopic (exact) mass is 731 g/mol. The first-order valence-corrected chi connectivity index (χ1v) is 18.5. The molecule has 4 aromatic heterocycles. The number of nitrogens with zero attached hydrogens (tertiary/aromatic N) is 2. The lowest BCUT2D eigenvalue weighted by Gasteiger charge is -2.20. The average Bonchev–Trinajstić information content (AvgIpc) is 3.88. The molecule has 2 fully saturated rings. The maximum absolute atomic E-state index is 12.6. The number of carboxylic acids is 1. The number of benzene rings is 2. The maximum atomic E-state index is 12.6. The zero-order valence-electron chi connectivity index (χ0n) is 29.3. The van der Waals surface area contributed by atoms with Gasteiger partial charge in [-0.15, -0.1) is 0 Å². The van der Waals surface area contributed by atoms with Crippen molar-refractivity contribution >= 4 is 33.6 Å². The minimum atomic E-state index is -1.01. The van der Waals surface area contributed by atoms with Crippen molar-refractivity contribution in [2.24, 2.45) is 17.6 Å². The SMILES string of the molecule is C.C.C.NCC1CCCCC1.O=C(CCC1CCCCC1)c1cccc(-c2ccc3[nH]ccc3c2)n1.O=C(O)c1cccc(-c2ccc3[nH]ccc3c2)n1. The predicted molar refractivity (Wildman–Crippen MR) is 226 cm³/mol. The van der Waals surface area contributed by atoms with E-state index in [1.807, 2.05) is 54.9 Å². The molecule has 2 saturated carbocycles. The van der Waals surface area contributed by atoms with Gasteiger partial charge in [0, 0.05) is 51.7 Å². The molecule has 0 bridgehead atoms. The topological polar surface area (TPSA) is 138 Å². The van der Waals surface area contributed by atoms with E-state index in [1.165, 1.54) is 70.3 Å². The highest BCUT2D eigenvalue weighted by Gasteiger charge is 2.17. The third-order valence-corrected chi connectivity index (χ3v) is 10.3. The number of ketones is 1. The summed E-state index contributed by atoms with van der Waals surface area (Å²) < 4.78 is 0. The number of aromatic nitrogens is 4. The summed E-state index contributed by atoms with van der Waals surface area (Å²) in [5.41, 5.74) is 11.8. The first kappa shape index (κ1) is 43.3. The molecule has 2 aliphatic rings. The third-order valence-electron chi connectivity index (χ3n) is 10.3. The van der Waals surface area contributed by atoms with Crippen LogP contribution in [0.2, 0.25) is 0 Å². The van der Waals surface area contributed by atoms with E-state index in [0.29, 0.717) is 17.8 Å². The van der Waals surface area contributed by atoms with E-state index in [2.05, 4.69) is 44.2 Å². The predicted octanol–water partition coefficient (Wildman–Crippen LogP) is 12.1. The Balaban J connectivity index is 0.000000237. The highest BCUT2D eigenvalue weighted by Crippen LogP contribution is 2.29. The minimum Gasteiger partial charge on any atom is -0.477 e. The van der Waals surface area contributed by atoms with Crippen LogP contribution in [0, 0.1) is 11.8 Å². The first-order chi connectivity index (χ1) is 25.0. The Morgan fingerprint density at radius 1 is 0.630 bits per heavy atom. The molecule has 0 aliphatic heterocycles. The van der Waals surface area contributed by atoms with Gasteiger partial charge in [0.1, 0.15) is 11.4 Å². The summed E-state index contributed by atoms with van der Waals surface area (Å²) in [4.78, 5) is 38.5. The third kappa shape index (κ3) is 11.7. The van der Waals surface area contributed by atoms with E-state index in [-0.39, 0.29) is 33.8 Å². The van der Waals surface area contributed by atoms with Crippen molar-refractivity contribution < 1.29 is 14.7 Å². The van der Waals surface area contributed by atoms with Crippen LogP contribution in [-0.4, -0.2) is 43.3 Å². The van der Waals surface area contributed by atoms with Gasteiger partial charge in [-0.1, -0.05) is 97.9 Å². The molecule has 4 heterocycles.